The van der Waals surface area contributed by atoms with Gasteiger partial charge in [-0.3, -0.25) is 9.59 Å². The van der Waals surface area contributed by atoms with E-state index in [1.807, 2.05) is 54.4 Å². The van der Waals surface area contributed by atoms with Crippen LogP contribution in [0.3, 0.4) is 0 Å². The van der Waals surface area contributed by atoms with Crippen molar-refractivity contribution in [3.63, 3.8) is 0 Å². The third kappa shape index (κ3) is 4.68. The summed E-state index contributed by atoms with van der Waals surface area (Å²) in [6.45, 7) is 4.54. The monoisotopic (exact) mass is 432 g/mol. The number of nitrogens with one attached hydrogen (secondary N) is 2. The molecule has 1 aliphatic rings. The number of halogens is 1. The van der Waals surface area contributed by atoms with Gasteiger partial charge in [-0.15, -0.1) is 0 Å². The van der Waals surface area contributed by atoms with Gasteiger partial charge in [0.25, 0.3) is 5.91 Å². The van der Waals surface area contributed by atoms with Gasteiger partial charge in [-0.25, -0.2) is 9.37 Å². The van der Waals surface area contributed by atoms with Crippen LogP contribution in [0, 0.1) is 0 Å². The molecular formula is C25H25FN4O2. The van der Waals surface area contributed by atoms with E-state index in [1.165, 1.54) is 6.08 Å². The van der Waals surface area contributed by atoms with Gasteiger partial charge in [-0.05, 0) is 49.2 Å². The number of fused-ring (bicyclic) bond motifs is 1. The number of carbonyl (C=O) groups is 2. The highest BCUT2D eigenvalue weighted by Crippen LogP contribution is 2.29. The summed E-state index contributed by atoms with van der Waals surface area (Å²) in [4.78, 5) is 31.0. The summed E-state index contributed by atoms with van der Waals surface area (Å²) < 4.78 is 14.3. The predicted molar refractivity (Wildman–Crippen MR) is 124 cm³/mol. The zero-order chi connectivity index (χ0) is 22.7. The molecule has 0 aliphatic carbocycles. The van der Waals surface area contributed by atoms with Crippen LogP contribution < -0.4 is 10.6 Å². The summed E-state index contributed by atoms with van der Waals surface area (Å²) in [5.41, 5.74) is 2.32. The maximum absolute atomic E-state index is 14.3. The molecule has 7 heteroatoms. The zero-order valence-corrected chi connectivity index (χ0v) is 17.8. The van der Waals surface area contributed by atoms with Crippen molar-refractivity contribution in [3.05, 3.63) is 72.9 Å². The summed E-state index contributed by atoms with van der Waals surface area (Å²) in [6, 6.07) is 16.1. The van der Waals surface area contributed by atoms with Crippen molar-refractivity contribution in [2.75, 3.05) is 25.5 Å². The van der Waals surface area contributed by atoms with Crippen LogP contribution in [0.4, 0.5) is 10.1 Å². The first-order chi connectivity index (χ1) is 15.4. The van der Waals surface area contributed by atoms with Gasteiger partial charge in [0.05, 0.1) is 11.7 Å². The molecule has 2 aromatic carbocycles. The van der Waals surface area contributed by atoms with Crippen LogP contribution in [0.25, 0.3) is 22.0 Å². The second-order valence-electron chi connectivity index (χ2n) is 7.99. The van der Waals surface area contributed by atoms with Gasteiger partial charge in [-0.2, -0.15) is 0 Å². The number of pyridine rings is 1. The van der Waals surface area contributed by atoms with E-state index in [-0.39, 0.29) is 17.5 Å². The predicted octanol–water partition coefficient (Wildman–Crippen LogP) is 3.80. The summed E-state index contributed by atoms with van der Waals surface area (Å²) >= 11 is 0. The van der Waals surface area contributed by atoms with Crippen LogP contribution in [0.15, 0.2) is 67.3 Å². The van der Waals surface area contributed by atoms with Gasteiger partial charge in [-0.1, -0.05) is 36.9 Å². The Morgan fingerprint density at radius 1 is 1.19 bits per heavy atom. The quantitative estimate of drug-likeness (QED) is 0.602. The van der Waals surface area contributed by atoms with E-state index < -0.39 is 12.2 Å². The number of benzene rings is 2. The molecule has 1 saturated heterocycles. The summed E-state index contributed by atoms with van der Waals surface area (Å²) in [7, 11) is 1.87. The molecule has 6 nitrogen and oxygen atoms in total. The second kappa shape index (κ2) is 9.28. The molecule has 0 spiro atoms. The molecule has 2 N–H and O–H groups in total. The van der Waals surface area contributed by atoms with Crippen LogP contribution >= 0.6 is 0 Å². The largest absolute Gasteiger partial charge is 0.345 e. The third-order valence-electron chi connectivity index (χ3n) is 5.66. The fraction of sp³-hybridized carbons (Fsp3) is 0.240. The van der Waals surface area contributed by atoms with E-state index in [0.717, 1.165) is 22.9 Å². The number of carbonyl (C=O) groups excluding carboxylic acids is 2. The van der Waals surface area contributed by atoms with Crippen molar-refractivity contribution >= 4 is 28.3 Å². The molecule has 0 radical (unpaired) electrons. The molecule has 32 heavy (non-hydrogen) atoms. The van der Waals surface area contributed by atoms with E-state index in [1.54, 1.807) is 12.1 Å². The minimum atomic E-state index is -1.11. The molecular weight excluding hydrogens is 407 g/mol. The molecule has 4 rings (SSSR count). The Morgan fingerprint density at radius 3 is 2.78 bits per heavy atom. The molecule has 1 aliphatic heterocycles. The average molecular weight is 432 g/mol. The topological polar surface area (TPSA) is 74.3 Å². The molecule has 1 aromatic heterocycles. The Labute approximate surface area is 186 Å². The number of amides is 2. The molecule has 2 amide bonds. The SMILES string of the molecule is C=CC(=O)Nc1cccc2ccc(-c3cccc(C(=O)N[C@@H]4CCN(C)C[C@@H]4F)n3)cc12. The van der Waals surface area contributed by atoms with Gasteiger partial charge in [0.2, 0.25) is 5.91 Å². The number of alkyl halides is 1. The molecule has 3 aromatic rings. The smallest absolute Gasteiger partial charge is 0.270 e. The lowest BCUT2D eigenvalue weighted by molar-refractivity contribution is -0.111. The molecule has 0 bridgehead atoms. The number of rotatable bonds is 5. The Hall–Kier alpha value is -3.58. The Bertz CT molecular complexity index is 1180. The van der Waals surface area contributed by atoms with E-state index in [4.69, 9.17) is 0 Å². The van der Waals surface area contributed by atoms with Gasteiger partial charge < -0.3 is 15.5 Å². The van der Waals surface area contributed by atoms with Gasteiger partial charge >= 0.3 is 0 Å². The first-order valence-corrected chi connectivity index (χ1v) is 10.5. The number of likely N-dealkylation sites (tertiary alicyclic amines) is 1. The number of nitrogens with zero attached hydrogens (tertiary/aromatic N) is 2. The first kappa shape index (κ1) is 21.6. The number of hydrogen-bond acceptors (Lipinski definition) is 4. The minimum Gasteiger partial charge on any atom is -0.345 e. The van der Waals surface area contributed by atoms with Gasteiger partial charge in [0, 0.05) is 29.7 Å². The van der Waals surface area contributed by atoms with Crippen LogP contribution in [0.2, 0.25) is 0 Å². The Morgan fingerprint density at radius 2 is 2.00 bits per heavy atom. The normalized spacial score (nSPS) is 18.8. The molecule has 1 fully saturated rings. The standard InChI is InChI=1S/C25H25FN4O2/c1-3-24(31)28-21-8-4-6-16-10-11-17(14-18(16)21)20-7-5-9-23(27-20)25(32)29-22-12-13-30(2)15-19(22)26/h3-11,14,19,22H,1,12-13,15H2,2H3,(H,28,31)(H,29,32)/t19-,22+/m0/s1. The van der Waals surface area contributed by atoms with E-state index in [9.17, 15) is 14.0 Å². The van der Waals surface area contributed by atoms with Gasteiger partial charge in [0.1, 0.15) is 11.9 Å². The number of piperidine rings is 1. The van der Waals surface area contributed by atoms with Crippen molar-refractivity contribution < 1.29 is 14.0 Å². The van der Waals surface area contributed by atoms with Crippen molar-refractivity contribution in [3.8, 4) is 11.3 Å². The molecule has 0 unspecified atom stereocenters. The summed E-state index contributed by atoms with van der Waals surface area (Å²) in [5.74, 6) is -0.677. The lowest BCUT2D eigenvalue weighted by atomic mass is 10.0. The number of anilines is 1. The molecule has 2 atom stereocenters. The number of aromatic nitrogens is 1. The van der Waals surface area contributed by atoms with Gasteiger partial charge in [0.15, 0.2) is 0 Å². The molecule has 0 saturated carbocycles. The van der Waals surface area contributed by atoms with Crippen molar-refractivity contribution in [1.82, 2.24) is 15.2 Å². The number of hydrogen-bond donors (Lipinski definition) is 2. The zero-order valence-electron chi connectivity index (χ0n) is 17.8. The van der Waals surface area contributed by atoms with Crippen LogP contribution in [-0.2, 0) is 4.79 Å². The van der Waals surface area contributed by atoms with Crippen molar-refractivity contribution in [1.29, 1.82) is 0 Å². The van der Waals surface area contributed by atoms with E-state index in [2.05, 4.69) is 22.2 Å². The highest BCUT2D eigenvalue weighted by molar-refractivity contribution is 6.06. The highest BCUT2D eigenvalue weighted by Gasteiger charge is 2.29. The second-order valence-corrected chi connectivity index (χ2v) is 7.99. The highest BCUT2D eigenvalue weighted by atomic mass is 19.1. The summed E-state index contributed by atoms with van der Waals surface area (Å²) in [5, 5.41) is 7.42. The summed E-state index contributed by atoms with van der Waals surface area (Å²) in [6.07, 6.45) is 0.677. The van der Waals surface area contributed by atoms with Crippen molar-refractivity contribution in [2.45, 2.75) is 18.6 Å². The van der Waals surface area contributed by atoms with Crippen LogP contribution in [0.1, 0.15) is 16.9 Å². The maximum atomic E-state index is 14.3. The van der Waals surface area contributed by atoms with Crippen LogP contribution in [0.5, 0.6) is 0 Å². The molecule has 164 valence electrons. The first-order valence-electron chi connectivity index (χ1n) is 10.5. The van der Waals surface area contributed by atoms with Crippen LogP contribution in [-0.4, -0.2) is 54.0 Å². The Balaban J connectivity index is 1.60. The lowest BCUT2D eigenvalue weighted by Gasteiger charge is -2.32. The third-order valence-corrected chi connectivity index (χ3v) is 5.66. The lowest BCUT2D eigenvalue weighted by Crippen LogP contribution is -2.51. The van der Waals surface area contributed by atoms with E-state index >= 15 is 0 Å². The average Bonchev–Trinajstić information content (AvgIpc) is 2.80. The van der Waals surface area contributed by atoms with Crippen molar-refractivity contribution in [2.24, 2.45) is 0 Å². The van der Waals surface area contributed by atoms with E-state index in [0.29, 0.717) is 24.3 Å². The fourth-order valence-electron chi connectivity index (χ4n) is 3.91. The Kier molecular flexibility index (Phi) is 6.28. The molecule has 2 heterocycles. The minimum absolute atomic E-state index is 0.238. The fourth-order valence-corrected chi connectivity index (χ4v) is 3.91. The maximum Gasteiger partial charge on any atom is 0.270 e.